The number of hydrogen-bond donors (Lipinski definition) is 1. The molecule has 0 aromatic heterocycles. The van der Waals surface area contributed by atoms with Crippen molar-refractivity contribution < 1.29 is 19.4 Å². The molecule has 166 valence electrons. The van der Waals surface area contributed by atoms with E-state index in [0.29, 0.717) is 11.3 Å². The Bertz CT molecular complexity index is 1170. The van der Waals surface area contributed by atoms with Crippen LogP contribution in [0.15, 0.2) is 66.7 Å². The molecule has 0 aliphatic carbocycles. The summed E-state index contributed by atoms with van der Waals surface area (Å²) in [7, 11) is 2.98. The van der Waals surface area contributed by atoms with E-state index in [2.05, 4.69) is 6.07 Å². The van der Waals surface area contributed by atoms with Gasteiger partial charge in [0.1, 0.15) is 5.75 Å². The Morgan fingerprint density at radius 2 is 1.53 bits per heavy atom. The quantitative estimate of drug-likeness (QED) is 0.540. The SMILES string of the molecule is COC[C@](C#N)(C(=O)O)[C@](c1ccccc1OC)(c1cccc2ccccc12)C(C)(C)C. The van der Waals surface area contributed by atoms with Crippen molar-refractivity contribution in [1.29, 1.82) is 5.26 Å². The molecule has 0 aliphatic heterocycles. The fourth-order valence-electron chi connectivity index (χ4n) is 5.27. The first-order chi connectivity index (χ1) is 15.2. The van der Waals surface area contributed by atoms with E-state index in [0.717, 1.165) is 16.3 Å². The van der Waals surface area contributed by atoms with Crippen molar-refractivity contribution in [2.75, 3.05) is 20.8 Å². The molecule has 0 fully saturated rings. The Morgan fingerprint density at radius 1 is 0.938 bits per heavy atom. The molecule has 3 aromatic rings. The van der Waals surface area contributed by atoms with Gasteiger partial charge in [0.2, 0.25) is 0 Å². The van der Waals surface area contributed by atoms with E-state index in [1.807, 2.05) is 81.4 Å². The molecule has 0 saturated heterocycles. The summed E-state index contributed by atoms with van der Waals surface area (Å²) in [5, 5.41) is 23.1. The van der Waals surface area contributed by atoms with Gasteiger partial charge in [-0.15, -0.1) is 0 Å². The van der Waals surface area contributed by atoms with Crippen molar-refractivity contribution in [3.63, 3.8) is 0 Å². The Hall–Kier alpha value is -3.36. The fraction of sp³-hybridized carbons (Fsp3) is 0.333. The molecule has 0 spiro atoms. The zero-order chi connectivity index (χ0) is 23.6. The monoisotopic (exact) mass is 431 g/mol. The summed E-state index contributed by atoms with van der Waals surface area (Å²) in [6.45, 7) is 5.60. The smallest absolute Gasteiger partial charge is 0.327 e. The molecule has 0 unspecified atom stereocenters. The highest BCUT2D eigenvalue weighted by molar-refractivity contribution is 5.91. The van der Waals surface area contributed by atoms with Gasteiger partial charge in [-0.05, 0) is 27.8 Å². The van der Waals surface area contributed by atoms with E-state index in [4.69, 9.17) is 9.47 Å². The highest BCUT2D eigenvalue weighted by Gasteiger charge is 2.66. The van der Waals surface area contributed by atoms with Crippen molar-refractivity contribution >= 4 is 16.7 Å². The number of ether oxygens (including phenoxy) is 2. The zero-order valence-corrected chi connectivity index (χ0v) is 19.2. The number of para-hydroxylation sites is 1. The third-order valence-corrected chi connectivity index (χ3v) is 6.39. The number of carboxylic acids is 1. The van der Waals surface area contributed by atoms with Gasteiger partial charge in [0, 0.05) is 12.7 Å². The van der Waals surface area contributed by atoms with Crippen molar-refractivity contribution in [3.05, 3.63) is 77.9 Å². The molecule has 0 aliphatic rings. The van der Waals surface area contributed by atoms with E-state index in [1.54, 1.807) is 13.2 Å². The number of carboxylic acid groups (broad SMARTS) is 1. The van der Waals surface area contributed by atoms with E-state index >= 15 is 0 Å². The van der Waals surface area contributed by atoms with Crippen LogP contribution >= 0.6 is 0 Å². The highest BCUT2D eigenvalue weighted by atomic mass is 16.5. The minimum absolute atomic E-state index is 0.294. The van der Waals surface area contributed by atoms with E-state index in [-0.39, 0.29) is 6.61 Å². The number of hydrogen-bond acceptors (Lipinski definition) is 4. The Labute approximate surface area is 189 Å². The minimum atomic E-state index is -1.95. The summed E-state index contributed by atoms with van der Waals surface area (Å²) in [6, 6.07) is 23.2. The van der Waals surface area contributed by atoms with Crippen molar-refractivity contribution in [3.8, 4) is 11.8 Å². The van der Waals surface area contributed by atoms with Gasteiger partial charge in [-0.1, -0.05) is 81.4 Å². The molecule has 0 amide bonds. The Balaban J connectivity index is 2.70. The normalized spacial score (nSPS) is 15.4. The molecule has 32 heavy (non-hydrogen) atoms. The maximum Gasteiger partial charge on any atom is 0.327 e. The van der Waals surface area contributed by atoms with Crippen LogP contribution < -0.4 is 4.74 Å². The molecule has 3 rings (SSSR count). The Kier molecular flexibility index (Phi) is 6.29. The predicted molar refractivity (Wildman–Crippen MR) is 125 cm³/mol. The lowest BCUT2D eigenvalue weighted by Gasteiger charge is -2.53. The summed E-state index contributed by atoms with van der Waals surface area (Å²) in [5.41, 5.74) is -2.64. The van der Waals surface area contributed by atoms with Gasteiger partial charge >= 0.3 is 5.97 Å². The Morgan fingerprint density at radius 3 is 2.12 bits per heavy atom. The van der Waals surface area contributed by atoms with Gasteiger partial charge < -0.3 is 14.6 Å². The van der Waals surface area contributed by atoms with Crippen LogP contribution in [0.5, 0.6) is 5.75 Å². The third-order valence-electron chi connectivity index (χ3n) is 6.39. The molecule has 0 radical (unpaired) electrons. The molecule has 5 heteroatoms. The van der Waals surface area contributed by atoms with Crippen LogP contribution in [0.4, 0.5) is 0 Å². The maximum absolute atomic E-state index is 13.1. The van der Waals surface area contributed by atoms with Crippen LogP contribution in [0.3, 0.4) is 0 Å². The lowest BCUT2D eigenvalue weighted by atomic mass is 9.46. The average molecular weight is 432 g/mol. The van der Waals surface area contributed by atoms with Crippen LogP contribution in [0.25, 0.3) is 10.8 Å². The molecule has 0 heterocycles. The molecule has 1 N–H and O–H groups in total. The predicted octanol–water partition coefficient (Wildman–Crippen LogP) is 5.42. The summed E-state index contributed by atoms with van der Waals surface area (Å²) >= 11 is 0. The number of methoxy groups -OCH3 is 2. The summed E-state index contributed by atoms with van der Waals surface area (Å²) in [4.78, 5) is 13.1. The number of fused-ring (bicyclic) bond motifs is 1. The van der Waals surface area contributed by atoms with Crippen molar-refractivity contribution in [2.24, 2.45) is 10.8 Å². The first-order valence-corrected chi connectivity index (χ1v) is 10.5. The molecular formula is C27H29NO4. The number of nitrogens with zero attached hydrogens (tertiary/aromatic N) is 1. The average Bonchev–Trinajstić information content (AvgIpc) is 2.78. The molecule has 0 bridgehead atoms. The first-order valence-electron chi connectivity index (χ1n) is 10.5. The molecule has 5 nitrogen and oxygen atoms in total. The minimum Gasteiger partial charge on any atom is -0.496 e. The second-order valence-electron chi connectivity index (χ2n) is 8.98. The van der Waals surface area contributed by atoms with Crippen molar-refractivity contribution in [2.45, 2.75) is 26.2 Å². The number of carbonyl (C=O) groups is 1. The maximum atomic E-state index is 13.1. The fourth-order valence-corrected chi connectivity index (χ4v) is 5.27. The second kappa shape index (κ2) is 8.64. The topological polar surface area (TPSA) is 79.5 Å². The van der Waals surface area contributed by atoms with Crippen LogP contribution in [-0.2, 0) is 14.9 Å². The van der Waals surface area contributed by atoms with Gasteiger partial charge in [0.25, 0.3) is 0 Å². The zero-order valence-electron chi connectivity index (χ0n) is 19.2. The first kappa shape index (κ1) is 23.3. The van der Waals surface area contributed by atoms with Gasteiger partial charge in [-0.25, -0.2) is 0 Å². The van der Waals surface area contributed by atoms with Gasteiger partial charge in [0.05, 0.1) is 25.2 Å². The number of nitriles is 1. The second-order valence-corrected chi connectivity index (χ2v) is 8.98. The van der Waals surface area contributed by atoms with Crippen LogP contribution in [0.2, 0.25) is 0 Å². The van der Waals surface area contributed by atoms with Crippen molar-refractivity contribution in [1.82, 2.24) is 0 Å². The van der Waals surface area contributed by atoms with Crippen LogP contribution in [-0.4, -0.2) is 31.9 Å². The lowest BCUT2D eigenvalue weighted by molar-refractivity contribution is -0.155. The third kappa shape index (κ3) is 3.23. The molecule has 2 atom stereocenters. The summed E-state index contributed by atoms with van der Waals surface area (Å²) in [6.07, 6.45) is 0. The molecule has 3 aromatic carbocycles. The molecule has 0 saturated carbocycles. The van der Waals surface area contributed by atoms with Crippen LogP contribution in [0, 0.1) is 22.2 Å². The van der Waals surface area contributed by atoms with Crippen LogP contribution in [0.1, 0.15) is 31.9 Å². The molecular weight excluding hydrogens is 402 g/mol. The number of benzene rings is 3. The largest absolute Gasteiger partial charge is 0.496 e. The standard InChI is InChI=1S/C27H29NO4/c1-25(2,3)27(22-14-8-9-16-23(22)32-5,26(17-28,18-31-4)24(29)30)21-15-10-12-19-11-6-7-13-20(19)21/h6-16H,18H2,1-5H3,(H,29,30)/t26-,27+/m1/s1. The van der Waals surface area contributed by atoms with E-state index in [9.17, 15) is 15.2 Å². The van der Waals surface area contributed by atoms with Gasteiger partial charge in [-0.3, -0.25) is 4.79 Å². The lowest BCUT2D eigenvalue weighted by Crippen LogP contribution is -2.60. The van der Waals surface area contributed by atoms with Gasteiger partial charge in [-0.2, -0.15) is 5.26 Å². The van der Waals surface area contributed by atoms with E-state index < -0.39 is 22.2 Å². The number of rotatable bonds is 7. The number of aliphatic carboxylic acids is 1. The highest BCUT2D eigenvalue weighted by Crippen LogP contribution is 2.61. The summed E-state index contributed by atoms with van der Waals surface area (Å²) in [5.74, 6) is -0.719. The van der Waals surface area contributed by atoms with Gasteiger partial charge in [0.15, 0.2) is 5.41 Å². The van der Waals surface area contributed by atoms with E-state index in [1.165, 1.54) is 7.11 Å². The summed E-state index contributed by atoms with van der Waals surface area (Å²) < 4.78 is 11.2.